The molecule has 0 saturated heterocycles. The van der Waals surface area contributed by atoms with Gasteiger partial charge in [-0.2, -0.15) is 0 Å². The third kappa shape index (κ3) is 3.07. The SMILES string of the molecule is CNC(C(C)NC(=O)O)C1(F)CCCCC1. The fourth-order valence-corrected chi connectivity index (χ4v) is 2.69. The Labute approximate surface area is 95.6 Å². The molecule has 1 aliphatic rings. The van der Waals surface area contributed by atoms with Gasteiger partial charge in [0.2, 0.25) is 0 Å². The number of hydrogen-bond acceptors (Lipinski definition) is 2. The predicted molar refractivity (Wildman–Crippen MR) is 60.4 cm³/mol. The van der Waals surface area contributed by atoms with Crippen LogP contribution in [0.1, 0.15) is 39.0 Å². The van der Waals surface area contributed by atoms with E-state index in [1.807, 2.05) is 0 Å². The molecule has 5 heteroatoms. The largest absolute Gasteiger partial charge is 0.465 e. The molecule has 0 bridgehead atoms. The van der Waals surface area contributed by atoms with Crippen LogP contribution < -0.4 is 10.6 Å². The van der Waals surface area contributed by atoms with Gasteiger partial charge in [0.1, 0.15) is 5.67 Å². The molecule has 0 aliphatic heterocycles. The summed E-state index contributed by atoms with van der Waals surface area (Å²) in [6.07, 6.45) is 2.77. The van der Waals surface area contributed by atoms with E-state index in [9.17, 15) is 9.18 Å². The maximum atomic E-state index is 14.6. The van der Waals surface area contributed by atoms with Crippen molar-refractivity contribution in [1.82, 2.24) is 10.6 Å². The van der Waals surface area contributed by atoms with Crippen LogP contribution in [-0.4, -0.2) is 36.0 Å². The molecule has 1 aliphatic carbocycles. The van der Waals surface area contributed by atoms with Crippen LogP contribution in [0.25, 0.3) is 0 Å². The van der Waals surface area contributed by atoms with Crippen LogP contribution in [0.3, 0.4) is 0 Å². The Balaban J connectivity index is 2.67. The standard InChI is InChI=1S/C11H21FN2O2/c1-8(14-10(15)16)9(13-2)11(12)6-4-3-5-7-11/h8-9,13-14H,3-7H2,1-2H3,(H,15,16). The topological polar surface area (TPSA) is 61.4 Å². The average Bonchev–Trinajstić information content (AvgIpc) is 2.17. The lowest BCUT2D eigenvalue weighted by molar-refractivity contribution is 0.0487. The monoisotopic (exact) mass is 232 g/mol. The van der Waals surface area contributed by atoms with Crippen LogP contribution in [0, 0.1) is 0 Å². The number of amides is 1. The third-order valence-corrected chi connectivity index (χ3v) is 3.40. The molecule has 94 valence electrons. The van der Waals surface area contributed by atoms with Crippen molar-refractivity contribution in [1.29, 1.82) is 0 Å². The minimum absolute atomic E-state index is 0.425. The lowest BCUT2D eigenvalue weighted by Crippen LogP contribution is -2.58. The van der Waals surface area contributed by atoms with Gasteiger partial charge >= 0.3 is 6.09 Å². The zero-order valence-corrected chi connectivity index (χ0v) is 9.92. The van der Waals surface area contributed by atoms with E-state index in [0.717, 1.165) is 19.3 Å². The number of carboxylic acid groups (broad SMARTS) is 1. The average molecular weight is 232 g/mol. The first-order chi connectivity index (χ1) is 7.49. The molecule has 0 heterocycles. The third-order valence-electron chi connectivity index (χ3n) is 3.40. The summed E-state index contributed by atoms with van der Waals surface area (Å²) in [7, 11) is 1.68. The number of alkyl halides is 1. The van der Waals surface area contributed by atoms with Crippen LogP contribution in [0.4, 0.5) is 9.18 Å². The van der Waals surface area contributed by atoms with Crippen LogP contribution >= 0.6 is 0 Å². The minimum Gasteiger partial charge on any atom is -0.465 e. The lowest BCUT2D eigenvalue weighted by atomic mass is 9.78. The summed E-state index contributed by atoms with van der Waals surface area (Å²) in [6.45, 7) is 1.70. The molecule has 0 aromatic rings. The van der Waals surface area contributed by atoms with Crippen molar-refractivity contribution in [3.05, 3.63) is 0 Å². The summed E-state index contributed by atoms with van der Waals surface area (Å²) in [4.78, 5) is 10.6. The number of nitrogens with one attached hydrogen (secondary N) is 2. The first-order valence-electron chi connectivity index (χ1n) is 5.85. The van der Waals surface area contributed by atoms with Crippen LogP contribution in [-0.2, 0) is 0 Å². The van der Waals surface area contributed by atoms with Crippen molar-refractivity contribution in [3.8, 4) is 0 Å². The van der Waals surface area contributed by atoms with Crippen molar-refractivity contribution in [3.63, 3.8) is 0 Å². The molecule has 3 N–H and O–H groups in total. The number of rotatable bonds is 4. The van der Waals surface area contributed by atoms with Crippen molar-refractivity contribution in [2.45, 2.75) is 56.8 Å². The second-order valence-corrected chi connectivity index (χ2v) is 4.60. The normalized spacial score (nSPS) is 23.4. The van der Waals surface area contributed by atoms with Gasteiger partial charge in [-0.3, -0.25) is 0 Å². The molecular weight excluding hydrogens is 211 g/mol. The van der Waals surface area contributed by atoms with Gasteiger partial charge < -0.3 is 15.7 Å². The summed E-state index contributed by atoms with van der Waals surface area (Å²) in [5, 5.41) is 13.9. The summed E-state index contributed by atoms with van der Waals surface area (Å²) >= 11 is 0. The maximum absolute atomic E-state index is 14.6. The van der Waals surface area contributed by atoms with E-state index in [0.29, 0.717) is 12.8 Å². The fraction of sp³-hybridized carbons (Fsp3) is 0.909. The number of carbonyl (C=O) groups is 1. The molecule has 2 unspecified atom stereocenters. The summed E-state index contributed by atoms with van der Waals surface area (Å²) < 4.78 is 14.6. The molecule has 0 spiro atoms. The maximum Gasteiger partial charge on any atom is 0.404 e. The molecule has 0 aromatic carbocycles. The van der Waals surface area contributed by atoms with Gasteiger partial charge in [-0.05, 0) is 26.8 Å². The Bertz CT molecular complexity index is 242. The zero-order chi connectivity index (χ0) is 12.2. The highest BCUT2D eigenvalue weighted by atomic mass is 19.1. The van der Waals surface area contributed by atoms with Crippen molar-refractivity contribution >= 4 is 6.09 Å². The molecule has 1 amide bonds. The fourth-order valence-electron chi connectivity index (χ4n) is 2.69. The quantitative estimate of drug-likeness (QED) is 0.693. The van der Waals surface area contributed by atoms with E-state index in [4.69, 9.17) is 5.11 Å². The van der Waals surface area contributed by atoms with Gasteiger partial charge in [0.15, 0.2) is 0 Å². The van der Waals surface area contributed by atoms with E-state index < -0.39 is 23.8 Å². The van der Waals surface area contributed by atoms with Gasteiger partial charge in [0.25, 0.3) is 0 Å². The Morgan fingerprint density at radius 2 is 1.94 bits per heavy atom. The van der Waals surface area contributed by atoms with Crippen molar-refractivity contribution in [2.75, 3.05) is 7.05 Å². The van der Waals surface area contributed by atoms with Crippen LogP contribution in [0.5, 0.6) is 0 Å². The number of hydrogen-bond donors (Lipinski definition) is 3. The second kappa shape index (κ2) is 5.48. The van der Waals surface area contributed by atoms with E-state index in [1.54, 1.807) is 14.0 Å². The highest BCUT2D eigenvalue weighted by Crippen LogP contribution is 2.35. The Morgan fingerprint density at radius 1 is 1.38 bits per heavy atom. The molecular formula is C11H21FN2O2. The first kappa shape index (κ1) is 13.2. The van der Waals surface area contributed by atoms with E-state index in [2.05, 4.69) is 10.6 Å². The molecule has 16 heavy (non-hydrogen) atoms. The Kier molecular flexibility index (Phi) is 4.53. The first-order valence-corrected chi connectivity index (χ1v) is 5.85. The zero-order valence-electron chi connectivity index (χ0n) is 9.92. The van der Waals surface area contributed by atoms with Crippen LogP contribution in [0.2, 0.25) is 0 Å². The van der Waals surface area contributed by atoms with Gasteiger partial charge in [-0.25, -0.2) is 9.18 Å². The summed E-state index contributed by atoms with van der Waals surface area (Å²) in [5.41, 5.74) is -1.28. The Hall–Kier alpha value is -0.840. The van der Waals surface area contributed by atoms with E-state index in [-0.39, 0.29) is 0 Å². The summed E-state index contributed by atoms with van der Waals surface area (Å²) in [6, 6.07) is -0.880. The van der Waals surface area contributed by atoms with Gasteiger partial charge in [-0.15, -0.1) is 0 Å². The highest BCUT2D eigenvalue weighted by Gasteiger charge is 2.42. The van der Waals surface area contributed by atoms with E-state index >= 15 is 0 Å². The van der Waals surface area contributed by atoms with Gasteiger partial charge in [0, 0.05) is 6.04 Å². The smallest absolute Gasteiger partial charge is 0.404 e. The number of halogens is 1. The summed E-state index contributed by atoms with van der Waals surface area (Å²) in [5.74, 6) is 0. The van der Waals surface area contributed by atoms with E-state index in [1.165, 1.54) is 0 Å². The minimum atomic E-state index is -1.28. The molecule has 1 rings (SSSR count). The van der Waals surface area contributed by atoms with Crippen molar-refractivity contribution in [2.24, 2.45) is 0 Å². The van der Waals surface area contributed by atoms with Gasteiger partial charge in [0.05, 0.1) is 6.04 Å². The van der Waals surface area contributed by atoms with Crippen LogP contribution in [0.15, 0.2) is 0 Å². The molecule has 1 saturated carbocycles. The van der Waals surface area contributed by atoms with Gasteiger partial charge in [-0.1, -0.05) is 19.3 Å². The molecule has 4 nitrogen and oxygen atoms in total. The molecule has 2 atom stereocenters. The lowest BCUT2D eigenvalue weighted by Gasteiger charge is -2.39. The molecule has 0 radical (unpaired) electrons. The second-order valence-electron chi connectivity index (χ2n) is 4.60. The number of likely N-dealkylation sites (N-methyl/N-ethyl adjacent to an activating group) is 1. The Morgan fingerprint density at radius 3 is 2.38 bits per heavy atom. The molecule has 1 fully saturated rings. The van der Waals surface area contributed by atoms with Crippen molar-refractivity contribution < 1.29 is 14.3 Å². The predicted octanol–water partition coefficient (Wildman–Crippen LogP) is 1.90. The molecule has 0 aromatic heterocycles. The highest BCUT2D eigenvalue weighted by molar-refractivity contribution is 5.64.